The topological polar surface area (TPSA) is 69.7 Å². The predicted molar refractivity (Wildman–Crippen MR) is 118 cm³/mol. The van der Waals surface area contributed by atoms with Gasteiger partial charge in [0.05, 0.1) is 11.4 Å². The van der Waals surface area contributed by atoms with Crippen LogP contribution in [0.3, 0.4) is 0 Å². The summed E-state index contributed by atoms with van der Waals surface area (Å²) in [4.78, 5) is 14.9. The van der Waals surface area contributed by atoms with Gasteiger partial charge < -0.3 is 5.32 Å². The third-order valence-electron chi connectivity index (χ3n) is 6.12. The fourth-order valence-corrected chi connectivity index (χ4v) is 6.01. The molecule has 2 aromatic rings. The third kappa shape index (κ3) is 4.43. The van der Waals surface area contributed by atoms with E-state index in [4.69, 9.17) is 0 Å². The van der Waals surface area contributed by atoms with Crippen molar-refractivity contribution < 1.29 is 13.2 Å². The van der Waals surface area contributed by atoms with Gasteiger partial charge in [-0.15, -0.1) is 0 Å². The Morgan fingerprint density at radius 2 is 1.77 bits per heavy atom. The van der Waals surface area contributed by atoms with Gasteiger partial charge in [0.15, 0.2) is 0 Å². The lowest BCUT2D eigenvalue weighted by atomic mass is 10.1. The molecule has 7 heteroatoms. The number of nitrogens with zero attached hydrogens (tertiary/aromatic N) is 2. The maximum Gasteiger partial charge on any atom is 0.243 e. The van der Waals surface area contributed by atoms with Crippen molar-refractivity contribution in [2.24, 2.45) is 0 Å². The Bertz CT molecular complexity index is 999. The van der Waals surface area contributed by atoms with Crippen LogP contribution in [-0.4, -0.2) is 50.2 Å². The van der Waals surface area contributed by atoms with Gasteiger partial charge in [0.2, 0.25) is 15.9 Å². The smallest absolute Gasteiger partial charge is 0.243 e. The first kappa shape index (κ1) is 21.0. The van der Waals surface area contributed by atoms with Crippen LogP contribution in [0.25, 0.3) is 0 Å². The second-order valence-electron chi connectivity index (χ2n) is 8.21. The maximum absolute atomic E-state index is 12.7. The van der Waals surface area contributed by atoms with E-state index < -0.39 is 10.0 Å². The number of rotatable bonds is 6. The summed E-state index contributed by atoms with van der Waals surface area (Å²) in [5.74, 6) is -0.103. The van der Waals surface area contributed by atoms with E-state index in [1.165, 1.54) is 11.1 Å². The molecule has 0 unspecified atom stereocenters. The summed E-state index contributed by atoms with van der Waals surface area (Å²) in [7, 11) is -1.48. The number of hydrogen-bond donors (Lipinski definition) is 1. The van der Waals surface area contributed by atoms with Crippen LogP contribution in [-0.2, 0) is 21.2 Å². The van der Waals surface area contributed by atoms with E-state index >= 15 is 0 Å². The molecular formula is C23H29N3O3S. The number of sulfonamides is 1. The van der Waals surface area contributed by atoms with Crippen molar-refractivity contribution in [2.75, 3.05) is 32.0 Å². The molecule has 1 aliphatic carbocycles. The van der Waals surface area contributed by atoms with E-state index in [9.17, 15) is 13.2 Å². The Labute approximate surface area is 178 Å². The van der Waals surface area contributed by atoms with Gasteiger partial charge in [0, 0.05) is 24.8 Å². The lowest BCUT2D eigenvalue weighted by Crippen LogP contribution is -2.35. The van der Waals surface area contributed by atoms with Crippen LogP contribution in [0.4, 0.5) is 5.69 Å². The Kier molecular flexibility index (Phi) is 6.22. The van der Waals surface area contributed by atoms with Crippen molar-refractivity contribution in [1.82, 2.24) is 9.21 Å². The molecule has 0 radical (unpaired) electrons. The minimum atomic E-state index is -3.45. The number of piperidine rings is 1. The number of fused-ring (bicyclic) bond motifs is 1. The van der Waals surface area contributed by atoms with E-state index in [0.29, 0.717) is 18.8 Å². The number of likely N-dealkylation sites (N-methyl/N-ethyl adjacent to an activating group) is 1. The van der Waals surface area contributed by atoms with E-state index in [-0.39, 0.29) is 23.4 Å². The van der Waals surface area contributed by atoms with Crippen LogP contribution in [0.2, 0.25) is 0 Å². The lowest BCUT2D eigenvalue weighted by molar-refractivity contribution is -0.117. The SMILES string of the molecule is CN(CC(=O)Nc1ccc(S(=O)(=O)N2CCCCC2)cc1)[C@@H]1CCc2ccccc21. The molecule has 1 atom stereocenters. The van der Waals surface area contributed by atoms with Crippen LogP contribution in [0.15, 0.2) is 53.4 Å². The van der Waals surface area contributed by atoms with Gasteiger partial charge in [0.25, 0.3) is 0 Å². The molecule has 2 aliphatic rings. The number of hydrogen-bond acceptors (Lipinski definition) is 4. The fraction of sp³-hybridized carbons (Fsp3) is 0.435. The summed E-state index contributed by atoms with van der Waals surface area (Å²) in [5.41, 5.74) is 3.28. The summed E-state index contributed by atoms with van der Waals surface area (Å²) in [6.07, 6.45) is 4.96. The van der Waals surface area contributed by atoms with Crippen molar-refractivity contribution in [3.05, 3.63) is 59.7 Å². The summed E-state index contributed by atoms with van der Waals surface area (Å²) >= 11 is 0. The molecule has 30 heavy (non-hydrogen) atoms. The molecule has 0 saturated carbocycles. The van der Waals surface area contributed by atoms with E-state index in [1.807, 2.05) is 13.1 Å². The monoisotopic (exact) mass is 427 g/mol. The van der Waals surface area contributed by atoms with Crippen LogP contribution >= 0.6 is 0 Å². The van der Waals surface area contributed by atoms with Gasteiger partial charge in [-0.1, -0.05) is 30.7 Å². The molecule has 4 rings (SSSR count). The number of amides is 1. The second kappa shape index (κ2) is 8.88. The number of nitrogens with one attached hydrogen (secondary N) is 1. The zero-order valence-corrected chi connectivity index (χ0v) is 18.2. The molecular weight excluding hydrogens is 398 g/mol. The Balaban J connectivity index is 1.36. The first-order valence-electron chi connectivity index (χ1n) is 10.6. The molecule has 1 N–H and O–H groups in total. The molecule has 1 heterocycles. The van der Waals surface area contributed by atoms with Crippen LogP contribution in [0.1, 0.15) is 42.9 Å². The van der Waals surface area contributed by atoms with Crippen LogP contribution < -0.4 is 5.32 Å². The number of carbonyl (C=O) groups is 1. The van der Waals surface area contributed by atoms with E-state index in [2.05, 4.69) is 28.4 Å². The van der Waals surface area contributed by atoms with Gasteiger partial charge in [-0.3, -0.25) is 9.69 Å². The van der Waals surface area contributed by atoms with E-state index in [1.54, 1.807) is 28.6 Å². The van der Waals surface area contributed by atoms with Crippen LogP contribution in [0, 0.1) is 0 Å². The minimum Gasteiger partial charge on any atom is -0.325 e. The Morgan fingerprint density at radius 3 is 2.50 bits per heavy atom. The molecule has 1 amide bonds. The lowest BCUT2D eigenvalue weighted by Gasteiger charge is -2.26. The van der Waals surface area contributed by atoms with Gasteiger partial charge in [-0.2, -0.15) is 4.31 Å². The maximum atomic E-state index is 12.7. The van der Waals surface area contributed by atoms with Gasteiger partial charge in [-0.05, 0) is 68.1 Å². The molecule has 1 fully saturated rings. The number of carbonyl (C=O) groups excluding carboxylic acids is 1. The number of aryl methyl sites for hydroxylation is 1. The Hall–Kier alpha value is -2.22. The molecule has 0 bridgehead atoms. The zero-order valence-electron chi connectivity index (χ0n) is 17.4. The molecule has 1 aliphatic heterocycles. The molecule has 1 saturated heterocycles. The average molecular weight is 428 g/mol. The first-order chi connectivity index (χ1) is 14.4. The average Bonchev–Trinajstić information content (AvgIpc) is 3.19. The second-order valence-corrected chi connectivity index (χ2v) is 10.1. The molecule has 0 spiro atoms. The van der Waals surface area contributed by atoms with Crippen molar-refractivity contribution in [1.29, 1.82) is 0 Å². The molecule has 160 valence electrons. The first-order valence-corrected chi connectivity index (χ1v) is 12.1. The van der Waals surface area contributed by atoms with Gasteiger partial charge >= 0.3 is 0 Å². The van der Waals surface area contributed by atoms with Gasteiger partial charge in [-0.25, -0.2) is 8.42 Å². The number of anilines is 1. The van der Waals surface area contributed by atoms with E-state index in [0.717, 1.165) is 32.1 Å². The normalized spacial score (nSPS) is 19.6. The molecule has 0 aromatic heterocycles. The minimum absolute atomic E-state index is 0.103. The Morgan fingerprint density at radius 1 is 1.07 bits per heavy atom. The summed E-state index contributed by atoms with van der Waals surface area (Å²) < 4.78 is 27.0. The highest BCUT2D eigenvalue weighted by molar-refractivity contribution is 7.89. The van der Waals surface area contributed by atoms with Crippen molar-refractivity contribution in [2.45, 2.75) is 43.0 Å². The summed E-state index contributed by atoms with van der Waals surface area (Å²) in [5, 5.41) is 2.89. The zero-order chi connectivity index (χ0) is 21.1. The van der Waals surface area contributed by atoms with Crippen molar-refractivity contribution in [3.63, 3.8) is 0 Å². The number of benzene rings is 2. The highest BCUT2D eigenvalue weighted by atomic mass is 32.2. The third-order valence-corrected chi connectivity index (χ3v) is 8.03. The predicted octanol–water partition coefficient (Wildman–Crippen LogP) is 3.42. The van der Waals surface area contributed by atoms with Crippen molar-refractivity contribution >= 4 is 21.6 Å². The van der Waals surface area contributed by atoms with Crippen LogP contribution in [0.5, 0.6) is 0 Å². The highest BCUT2D eigenvalue weighted by Gasteiger charge is 2.27. The van der Waals surface area contributed by atoms with Crippen molar-refractivity contribution in [3.8, 4) is 0 Å². The quantitative estimate of drug-likeness (QED) is 0.767. The summed E-state index contributed by atoms with van der Waals surface area (Å²) in [6.45, 7) is 1.45. The fourth-order valence-electron chi connectivity index (χ4n) is 4.49. The molecule has 6 nitrogen and oxygen atoms in total. The highest BCUT2D eigenvalue weighted by Crippen LogP contribution is 2.34. The summed E-state index contributed by atoms with van der Waals surface area (Å²) in [6, 6.07) is 15.1. The molecule has 2 aromatic carbocycles. The standard InChI is InChI=1S/C23H29N3O3S/c1-25(22-14-9-18-7-3-4-8-21(18)22)17-23(27)24-19-10-12-20(13-11-19)30(28,29)26-15-5-2-6-16-26/h3-4,7-8,10-13,22H,2,5-6,9,14-17H2,1H3,(H,24,27)/t22-/m1/s1. The largest absolute Gasteiger partial charge is 0.325 e. The van der Waals surface area contributed by atoms with Gasteiger partial charge in [0.1, 0.15) is 0 Å².